The van der Waals surface area contributed by atoms with Crippen molar-refractivity contribution in [2.24, 2.45) is 0 Å². The molecule has 0 saturated carbocycles. The third-order valence-corrected chi connectivity index (χ3v) is 4.40. The van der Waals surface area contributed by atoms with Crippen LogP contribution < -0.4 is 0 Å². The van der Waals surface area contributed by atoms with E-state index in [1.54, 1.807) is 6.08 Å². The molecule has 1 N–H and O–H groups in total. The van der Waals surface area contributed by atoms with E-state index in [-0.39, 0.29) is 12.5 Å². The second-order valence-electron chi connectivity index (χ2n) is 6.84. The topological polar surface area (TPSA) is 92.2 Å². The van der Waals surface area contributed by atoms with Crippen LogP contribution in [0.15, 0.2) is 40.6 Å². The lowest BCUT2D eigenvalue weighted by Gasteiger charge is -2.10. The predicted molar refractivity (Wildman–Crippen MR) is 101 cm³/mol. The lowest BCUT2D eigenvalue weighted by molar-refractivity contribution is 0.144. The van der Waals surface area contributed by atoms with Crippen molar-refractivity contribution in [1.29, 1.82) is 5.26 Å². The van der Waals surface area contributed by atoms with Crippen LogP contribution in [0.4, 0.5) is 0 Å². The number of aliphatic hydroxyl groups is 1. The van der Waals surface area contributed by atoms with Gasteiger partial charge in [0.05, 0.1) is 24.7 Å². The second kappa shape index (κ2) is 8.19. The van der Waals surface area contributed by atoms with Crippen LogP contribution in [0.25, 0.3) is 17.0 Å². The average molecular weight is 365 g/mol. The number of ether oxygens (including phenoxy) is 1. The predicted octanol–water partition coefficient (Wildman–Crippen LogP) is 4.34. The van der Waals surface area contributed by atoms with Crippen molar-refractivity contribution in [3.8, 4) is 17.5 Å². The maximum absolute atomic E-state index is 10.1. The number of nitriles is 1. The second-order valence-corrected chi connectivity index (χ2v) is 6.84. The molecule has 0 radical (unpaired) electrons. The van der Waals surface area contributed by atoms with Crippen molar-refractivity contribution in [1.82, 2.24) is 10.1 Å². The lowest BCUT2D eigenvalue weighted by Crippen LogP contribution is -2.01. The maximum Gasteiger partial charge on any atom is 0.253 e. The molecule has 6 heteroatoms. The van der Waals surface area contributed by atoms with Crippen LogP contribution in [0.5, 0.6) is 0 Å². The number of hydrogen-bond acceptors (Lipinski definition) is 6. The van der Waals surface area contributed by atoms with Crippen LogP contribution in [-0.4, -0.2) is 21.4 Å². The fourth-order valence-electron chi connectivity index (χ4n) is 3.14. The molecule has 0 fully saturated rings. The summed E-state index contributed by atoms with van der Waals surface area (Å²) >= 11 is 0. The standard InChI is InChI=1S/C21H23N3O3/c1-13(2)26-15(11-12-22)8-7-14(3)21-23-20(24-27-21)18-6-4-5-17-16(18)9-10-19(17)25/h4-8,13,19,25H,9-11H2,1-3H3/b14-7+,15-8+. The largest absolute Gasteiger partial charge is 0.494 e. The number of allylic oxidation sites excluding steroid dienone is 4. The van der Waals surface area contributed by atoms with Crippen LogP contribution in [0.1, 0.15) is 56.7 Å². The van der Waals surface area contributed by atoms with E-state index in [4.69, 9.17) is 14.5 Å². The molecule has 27 heavy (non-hydrogen) atoms. The number of rotatable bonds is 6. The molecule has 1 aromatic carbocycles. The molecule has 0 spiro atoms. The molecule has 1 atom stereocenters. The fourth-order valence-corrected chi connectivity index (χ4v) is 3.14. The van der Waals surface area contributed by atoms with Crippen molar-refractivity contribution in [2.75, 3.05) is 0 Å². The van der Waals surface area contributed by atoms with Gasteiger partial charge in [-0.05, 0) is 50.8 Å². The summed E-state index contributed by atoms with van der Waals surface area (Å²) in [6.45, 7) is 5.70. The first kappa shape index (κ1) is 18.9. The summed E-state index contributed by atoms with van der Waals surface area (Å²) in [7, 11) is 0. The number of aromatic nitrogens is 2. The highest BCUT2D eigenvalue weighted by atomic mass is 16.5. The highest BCUT2D eigenvalue weighted by Gasteiger charge is 2.24. The summed E-state index contributed by atoms with van der Waals surface area (Å²) in [5.41, 5.74) is 3.71. The summed E-state index contributed by atoms with van der Waals surface area (Å²) in [5.74, 6) is 1.53. The third kappa shape index (κ3) is 4.26. The SMILES string of the molecule is C/C(=C\C=C(/CC#N)OC(C)C)c1nc(-c2cccc3c2CCC3O)no1. The van der Waals surface area contributed by atoms with Crippen molar-refractivity contribution in [3.05, 3.63) is 53.1 Å². The molecule has 1 heterocycles. The van der Waals surface area contributed by atoms with E-state index in [9.17, 15) is 5.11 Å². The maximum atomic E-state index is 10.1. The third-order valence-electron chi connectivity index (χ3n) is 4.40. The summed E-state index contributed by atoms with van der Waals surface area (Å²) < 4.78 is 11.0. The van der Waals surface area contributed by atoms with Crippen LogP contribution >= 0.6 is 0 Å². The van der Waals surface area contributed by atoms with Gasteiger partial charge in [-0.2, -0.15) is 10.2 Å². The van der Waals surface area contributed by atoms with Gasteiger partial charge >= 0.3 is 0 Å². The Hall–Kier alpha value is -2.91. The van der Waals surface area contributed by atoms with Crippen LogP contribution in [0, 0.1) is 11.3 Å². The molecule has 6 nitrogen and oxygen atoms in total. The van der Waals surface area contributed by atoms with Crippen LogP contribution in [0.2, 0.25) is 0 Å². The molecule has 1 aliphatic rings. The first-order valence-electron chi connectivity index (χ1n) is 9.05. The van der Waals surface area contributed by atoms with Gasteiger partial charge in [0.25, 0.3) is 5.89 Å². The fraction of sp³-hybridized carbons (Fsp3) is 0.381. The Labute approximate surface area is 158 Å². The molecule has 0 aliphatic heterocycles. The number of hydrogen-bond donors (Lipinski definition) is 1. The normalized spacial score (nSPS) is 17.1. The van der Waals surface area contributed by atoms with Gasteiger partial charge in [-0.15, -0.1) is 0 Å². The molecular formula is C21H23N3O3. The molecule has 3 rings (SSSR count). The molecular weight excluding hydrogens is 342 g/mol. The summed E-state index contributed by atoms with van der Waals surface area (Å²) in [4.78, 5) is 4.51. The zero-order valence-electron chi connectivity index (χ0n) is 15.8. The Morgan fingerprint density at radius 1 is 1.44 bits per heavy atom. The summed E-state index contributed by atoms with van der Waals surface area (Å²) in [6, 6.07) is 7.89. The number of aliphatic hydroxyl groups excluding tert-OH is 1. The van der Waals surface area contributed by atoms with E-state index in [2.05, 4.69) is 16.2 Å². The van der Waals surface area contributed by atoms with Gasteiger partial charge in [0.15, 0.2) is 0 Å². The zero-order chi connectivity index (χ0) is 19.4. The molecule has 0 bridgehead atoms. The lowest BCUT2D eigenvalue weighted by atomic mass is 10.0. The van der Waals surface area contributed by atoms with Gasteiger partial charge in [-0.25, -0.2) is 0 Å². The van der Waals surface area contributed by atoms with Gasteiger partial charge in [-0.3, -0.25) is 0 Å². The number of fused-ring (bicyclic) bond motifs is 1. The summed E-state index contributed by atoms with van der Waals surface area (Å²) in [5, 5.41) is 23.1. The van der Waals surface area contributed by atoms with Gasteiger partial charge < -0.3 is 14.4 Å². The molecule has 1 aliphatic carbocycles. The summed E-state index contributed by atoms with van der Waals surface area (Å²) in [6.07, 6.45) is 4.89. The molecule has 0 saturated heterocycles. The Balaban J connectivity index is 1.85. The highest BCUT2D eigenvalue weighted by molar-refractivity contribution is 5.66. The highest BCUT2D eigenvalue weighted by Crippen LogP contribution is 2.36. The number of nitrogens with zero attached hydrogens (tertiary/aromatic N) is 3. The number of benzene rings is 1. The molecule has 1 aromatic heterocycles. The first-order chi connectivity index (χ1) is 13.0. The van der Waals surface area contributed by atoms with Gasteiger partial charge in [-0.1, -0.05) is 29.4 Å². The van der Waals surface area contributed by atoms with Gasteiger partial charge in [0.1, 0.15) is 5.76 Å². The Morgan fingerprint density at radius 2 is 2.26 bits per heavy atom. The quantitative estimate of drug-likeness (QED) is 0.604. The first-order valence-corrected chi connectivity index (χ1v) is 9.05. The Morgan fingerprint density at radius 3 is 3.00 bits per heavy atom. The van der Waals surface area contributed by atoms with Gasteiger partial charge in [0, 0.05) is 11.1 Å². The molecule has 140 valence electrons. The minimum absolute atomic E-state index is 0.00356. The molecule has 1 unspecified atom stereocenters. The minimum atomic E-state index is -0.419. The Kier molecular flexibility index (Phi) is 5.72. The molecule has 0 amide bonds. The smallest absolute Gasteiger partial charge is 0.253 e. The van der Waals surface area contributed by atoms with E-state index in [0.29, 0.717) is 17.5 Å². The van der Waals surface area contributed by atoms with E-state index >= 15 is 0 Å². The van der Waals surface area contributed by atoms with E-state index in [1.165, 1.54) is 0 Å². The monoisotopic (exact) mass is 365 g/mol. The van der Waals surface area contributed by atoms with Crippen molar-refractivity contribution in [3.63, 3.8) is 0 Å². The van der Waals surface area contributed by atoms with E-state index in [1.807, 2.05) is 45.0 Å². The van der Waals surface area contributed by atoms with Crippen molar-refractivity contribution < 1.29 is 14.4 Å². The van der Waals surface area contributed by atoms with E-state index < -0.39 is 6.10 Å². The van der Waals surface area contributed by atoms with Crippen molar-refractivity contribution in [2.45, 2.75) is 52.2 Å². The van der Waals surface area contributed by atoms with E-state index in [0.717, 1.165) is 35.1 Å². The van der Waals surface area contributed by atoms with Crippen LogP contribution in [0.3, 0.4) is 0 Å². The van der Waals surface area contributed by atoms with Crippen LogP contribution in [-0.2, 0) is 11.2 Å². The van der Waals surface area contributed by atoms with Crippen molar-refractivity contribution >= 4 is 5.57 Å². The minimum Gasteiger partial charge on any atom is -0.494 e. The Bertz CT molecular complexity index is 919. The van der Waals surface area contributed by atoms with Gasteiger partial charge in [0.2, 0.25) is 5.82 Å². The zero-order valence-corrected chi connectivity index (χ0v) is 15.8. The molecule has 2 aromatic rings. The average Bonchev–Trinajstić information content (AvgIpc) is 3.27.